The maximum absolute atomic E-state index is 11.8. The predicted molar refractivity (Wildman–Crippen MR) is 84.5 cm³/mol. The first kappa shape index (κ1) is 14.9. The molecule has 0 aliphatic heterocycles. The van der Waals surface area contributed by atoms with Gasteiger partial charge in [0.25, 0.3) is 5.91 Å². The molecule has 0 atom stereocenters. The fourth-order valence-corrected chi connectivity index (χ4v) is 2.20. The van der Waals surface area contributed by atoms with Crippen molar-refractivity contribution in [1.29, 1.82) is 0 Å². The Morgan fingerprint density at radius 3 is 2.85 bits per heavy atom. The summed E-state index contributed by atoms with van der Waals surface area (Å²) in [6, 6.07) is 12.8. The maximum atomic E-state index is 11.8. The first-order valence-electron chi connectivity index (χ1n) is 5.99. The number of hydrogen-bond acceptors (Lipinski definition) is 2. The standard InChI is InChI=1S/C15H13BrClNO2/c1-10-5-6-13(17)14(7-10)20-9-15(19)18-12-4-2-3-11(16)8-12/h2-8H,9H2,1H3,(H,18,19). The Kier molecular flexibility index (Phi) is 5.04. The van der Waals surface area contributed by atoms with Crippen molar-refractivity contribution in [3.63, 3.8) is 0 Å². The maximum Gasteiger partial charge on any atom is 0.262 e. The molecule has 0 aliphatic carbocycles. The van der Waals surface area contributed by atoms with Gasteiger partial charge in [0, 0.05) is 10.2 Å². The summed E-state index contributed by atoms with van der Waals surface area (Å²) in [7, 11) is 0. The van der Waals surface area contributed by atoms with Gasteiger partial charge in [-0.1, -0.05) is 39.7 Å². The quantitative estimate of drug-likeness (QED) is 0.882. The van der Waals surface area contributed by atoms with Crippen LogP contribution in [0.5, 0.6) is 5.75 Å². The molecule has 3 nitrogen and oxygen atoms in total. The van der Waals surface area contributed by atoms with Gasteiger partial charge in [0.05, 0.1) is 5.02 Å². The summed E-state index contributed by atoms with van der Waals surface area (Å²) in [6.45, 7) is 1.85. The van der Waals surface area contributed by atoms with Crippen LogP contribution in [0.15, 0.2) is 46.9 Å². The van der Waals surface area contributed by atoms with E-state index in [1.165, 1.54) is 0 Å². The van der Waals surface area contributed by atoms with Crippen molar-refractivity contribution < 1.29 is 9.53 Å². The fraction of sp³-hybridized carbons (Fsp3) is 0.133. The summed E-state index contributed by atoms with van der Waals surface area (Å²) >= 11 is 9.34. The van der Waals surface area contributed by atoms with E-state index in [0.29, 0.717) is 16.5 Å². The second-order valence-electron chi connectivity index (χ2n) is 4.28. The molecule has 20 heavy (non-hydrogen) atoms. The van der Waals surface area contributed by atoms with E-state index < -0.39 is 0 Å². The van der Waals surface area contributed by atoms with Gasteiger partial charge in [-0.3, -0.25) is 4.79 Å². The van der Waals surface area contributed by atoms with E-state index >= 15 is 0 Å². The van der Waals surface area contributed by atoms with Crippen LogP contribution >= 0.6 is 27.5 Å². The smallest absolute Gasteiger partial charge is 0.262 e. The minimum atomic E-state index is -0.235. The SMILES string of the molecule is Cc1ccc(Cl)c(OCC(=O)Nc2cccc(Br)c2)c1. The molecule has 0 fully saturated rings. The highest BCUT2D eigenvalue weighted by Gasteiger charge is 2.07. The van der Waals surface area contributed by atoms with Gasteiger partial charge in [0.1, 0.15) is 5.75 Å². The van der Waals surface area contributed by atoms with Gasteiger partial charge in [-0.2, -0.15) is 0 Å². The highest BCUT2D eigenvalue weighted by atomic mass is 79.9. The number of anilines is 1. The lowest BCUT2D eigenvalue weighted by molar-refractivity contribution is -0.118. The van der Waals surface area contributed by atoms with E-state index in [9.17, 15) is 4.79 Å². The Bertz CT molecular complexity index is 631. The Labute approximate surface area is 131 Å². The lowest BCUT2D eigenvalue weighted by atomic mass is 10.2. The van der Waals surface area contributed by atoms with Crippen LogP contribution < -0.4 is 10.1 Å². The lowest BCUT2D eigenvalue weighted by Gasteiger charge is -2.09. The zero-order valence-electron chi connectivity index (χ0n) is 10.8. The van der Waals surface area contributed by atoms with Gasteiger partial charge in [-0.05, 0) is 42.8 Å². The van der Waals surface area contributed by atoms with Crippen molar-refractivity contribution in [3.8, 4) is 5.75 Å². The molecule has 0 unspecified atom stereocenters. The van der Waals surface area contributed by atoms with Gasteiger partial charge < -0.3 is 10.1 Å². The molecule has 104 valence electrons. The monoisotopic (exact) mass is 353 g/mol. The molecule has 1 amide bonds. The number of rotatable bonds is 4. The minimum absolute atomic E-state index is 0.0876. The van der Waals surface area contributed by atoms with Crippen LogP contribution in [0.1, 0.15) is 5.56 Å². The van der Waals surface area contributed by atoms with Crippen LogP contribution in [0.3, 0.4) is 0 Å². The number of nitrogens with one attached hydrogen (secondary N) is 1. The van der Waals surface area contributed by atoms with Crippen molar-refractivity contribution in [2.45, 2.75) is 6.92 Å². The van der Waals surface area contributed by atoms with Gasteiger partial charge in [0.15, 0.2) is 6.61 Å². The van der Waals surface area contributed by atoms with E-state index in [0.717, 1.165) is 10.0 Å². The molecule has 2 aromatic rings. The summed E-state index contributed by atoms with van der Waals surface area (Å²) in [5, 5.41) is 3.24. The van der Waals surface area contributed by atoms with Gasteiger partial charge in [-0.25, -0.2) is 0 Å². The lowest BCUT2D eigenvalue weighted by Crippen LogP contribution is -2.20. The zero-order valence-corrected chi connectivity index (χ0v) is 13.2. The fourth-order valence-electron chi connectivity index (χ4n) is 1.63. The third-order valence-electron chi connectivity index (χ3n) is 2.55. The van der Waals surface area contributed by atoms with Crippen LogP contribution in [0.2, 0.25) is 5.02 Å². The second-order valence-corrected chi connectivity index (χ2v) is 5.60. The Morgan fingerprint density at radius 1 is 1.30 bits per heavy atom. The predicted octanol–water partition coefficient (Wildman–Crippen LogP) is 4.43. The number of ether oxygens (including phenoxy) is 1. The molecule has 5 heteroatoms. The molecule has 1 N–H and O–H groups in total. The van der Waals surface area contributed by atoms with Gasteiger partial charge in [0.2, 0.25) is 0 Å². The molecule has 0 saturated carbocycles. The number of hydrogen-bond donors (Lipinski definition) is 1. The largest absolute Gasteiger partial charge is 0.482 e. The van der Waals surface area contributed by atoms with Crippen LogP contribution in [-0.2, 0) is 4.79 Å². The molecule has 0 bridgehead atoms. The summed E-state index contributed by atoms with van der Waals surface area (Å²) in [4.78, 5) is 11.8. The van der Waals surface area contributed by atoms with Gasteiger partial charge in [-0.15, -0.1) is 0 Å². The first-order chi connectivity index (χ1) is 9.54. The zero-order chi connectivity index (χ0) is 14.5. The first-order valence-corrected chi connectivity index (χ1v) is 7.16. The van der Waals surface area contributed by atoms with Crippen LogP contribution in [-0.4, -0.2) is 12.5 Å². The second kappa shape index (κ2) is 6.77. The highest BCUT2D eigenvalue weighted by molar-refractivity contribution is 9.10. The number of halogens is 2. The molecule has 0 spiro atoms. The molecule has 0 aromatic heterocycles. The molecule has 0 saturated heterocycles. The summed E-state index contributed by atoms with van der Waals surface area (Å²) in [5.41, 5.74) is 1.74. The van der Waals surface area contributed by atoms with Crippen LogP contribution in [0, 0.1) is 6.92 Å². The Morgan fingerprint density at radius 2 is 2.10 bits per heavy atom. The number of aryl methyl sites for hydroxylation is 1. The molecule has 0 aliphatic rings. The number of amides is 1. The van der Waals surface area contributed by atoms with Crippen LogP contribution in [0.25, 0.3) is 0 Å². The average Bonchev–Trinajstić information content (AvgIpc) is 2.40. The molecule has 2 aromatic carbocycles. The van der Waals surface area contributed by atoms with E-state index in [1.54, 1.807) is 12.1 Å². The highest BCUT2D eigenvalue weighted by Crippen LogP contribution is 2.25. The van der Waals surface area contributed by atoms with E-state index in [-0.39, 0.29) is 12.5 Å². The normalized spacial score (nSPS) is 10.2. The summed E-state index contributed by atoms with van der Waals surface area (Å²) in [5.74, 6) is 0.275. The molecule has 0 radical (unpaired) electrons. The Balaban J connectivity index is 1.94. The van der Waals surface area contributed by atoms with Gasteiger partial charge >= 0.3 is 0 Å². The average molecular weight is 355 g/mol. The van der Waals surface area contributed by atoms with Crippen molar-refractivity contribution in [1.82, 2.24) is 0 Å². The van der Waals surface area contributed by atoms with Crippen molar-refractivity contribution in [2.75, 3.05) is 11.9 Å². The van der Waals surface area contributed by atoms with E-state index in [4.69, 9.17) is 16.3 Å². The van der Waals surface area contributed by atoms with Crippen molar-refractivity contribution in [2.24, 2.45) is 0 Å². The Hall–Kier alpha value is -1.52. The van der Waals surface area contributed by atoms with E-state index in [1.807, 2.05) is 37.3 Å². The molecule has 0 heterocycles. The topological polar surface area (TPSA) is 38.3 Å². The third-order valence-corrected chi connectivity index (χ3v) is 3.36. The van der Waals surface area contributed by atoms with E-state index in [2.05, 4.69) is 21.2 Å². The molecular weight excluding hydrogens is 342 g/mol. The molecular formula is C15H13BrClNO2. The van der Waals surface area contributed by atoms with Crippen molar-refractivity contribution >= 4 is 39.1 Å². The summed E-state index contributed by atoms with van der Waals surface area (Å²) in [6.07, 6.45) is 0. The van der Waals surface area contributed by atoms with Crippen molar-refractivity contribution in [3.05, 3.63) is 57.5 Å². The third kappa shape index (κ3) is 4.25. The number of carbonyl (C=O) groups excluding carboxylic acids is 1. The number of carbonyl (C=O) groups is 1. The molecule has 2 rings (SSSR count). The minimum Gasteiger partial charge on any atom is -0.482 e. The number of benzene rings is 2. The van der Waals surface area contributed by atoms with Crippen LogP contribution in [0.4, 0.5) is 5.69 Å². The summed E-state index contributed by atoms with van der Waals surface area (Å²) < 4.78 is 6.33.